The van der Waals surface area contributed by atoms with Gasteiger partial charge in [-0.15, -0.1) is 12.4 Å². The van der Waals surface area contributed by atoms with E-state index in [-0.39, 0.29) is 28.7 Å². The number of likely N-dealkylation sites (tertiary alicyclic amines) is 1. The van der Waals surface area contributed by atoms with Crippen LogP contribution in [0.25, 0.3) is 0 Å². The van der Waals surface area contributed by atoms with E-state index >= 15 is 0 Å². The summed E-state index contributed by atoms with van der Waals surface area (Å²) in [6.45, 7) is 2.20. The molecule has 4 heteroatoms. The van der Waals surface area contributed by atoms with Gasteiger partial charge in [0.05, 0.1) is 5.02 Å². The molecule has 1 aliphatic carbocycles. The monoisotopic (exact) mass is 261 g/mol. The Morgan fingerprint density at radius 2 is 2.25 bits per heavy atom. The Labute approximate surface area is 106 Å². The lowest BCUT2D eigenvalue weighted by Gasteiger charge is -2.16. The molecule has 1 aromatic rings. The van der Waals surface area contributed by atoms with E-state index in [1.54, 1.807) is 12.1 Å². The van der Waals surface area contributed by atoms with Gasteiger partial charge in [-0.3, -0.25) is 0 Å². The van der Waals surface area contributed by atoms with Crippen LogP contribution in [0, 0.1) is 11.7 Å². The maximum absolute atomic E-state index is 13.4. The molecule has 0 unspecified atom stereocenters. The van der Waals surface area contributed by atoms with Crippen molar-refractivity contribution < 1.29 is 4.39 Å². The van der Waals surface area contributed by atoms with Crippen molar-refractivity contribution in [3.8, 4) is 0 Å². The number of likely N-dealkylation sites (N-methyl/N-ethyl adjacent to an activating group) is 1. The summed E-state index contributed by atoms with van der Waals surface area (Å²) in [6.07, 6.45) is 1.21. The maximum Gasteiger partial charge on any atom is 0.142 e. The largest absolute Gasteiger partial charge is 0.305 e. The summed E-state index contributed by atoms with van der Waals surface area (Å²) < 4.78 is 13.4. The highest BCUT2D eigenvalue weighted by Crippen LogP contribution is 2.58. The standard InChI is InChI=1S/C12H13ClFN.ClH/c1-15-6-9-5-12(9,7-15)8-2-3-10(13)11(14)4-8;/h2-4,9H,5-7H2,1H3;1H/t9-,12+;/m0./s1. The third-order valence-corrected chi connectivity index (χ3v) is 4.12. The van der Waals surface area contributed by atoms with E-state index in [1.807, 2.05) is 6.07 Å². The zero-order chi connectivity index (χ0) is 10.6. The Bertz CT molecular complexity index is 423. The van der Waals surface area contributed by atoms with Crippen LogP contribution in [0.1, 0.15) is 12.0 Å². The average Bonchev–Trinajstić information content (AvgIpc) is 2.75. The molecule has 16 heavy (non-hydrogen) atoms. The first kappa shape index (κ1) is 12.2. The van der Waals surface area contributed by atoms with E-state index in [0.717, 1.165) is 24.6 Å². The van der Waals surface area contributed by atoms with Gasteiger partial charge in [0.15, 0.2) is 0 Å². The first-order valence-corrected chi connectivity index (χ1v) is 5.64. The molecule has 0 N–H and O–H groups in total. The number of hydrogen-bond donors (Lipinski definition) is 0. The van der Waals surface area contributed by atoms with Gasteiger partial charge >= 0.3 is 0 Å². The third-order valence-electron chi connectivity index (χ3n) is 3.81. The van der Waals surface area contributed by atoms with Crippen molar-refractivity contribution in [1.82, 2.24) is 4.90 Å². The molecule has 1 heterocycles. The molecule has 1 saturated heterocycles. The Hall–Kier alpha value is -0.310. The van der Waals surface area contributed by atoms with Crippen LogP contribution in [0.3, 0.4) is 0 Å². The Morgan fingerprint density at radius 3 is 2.81 bits per heavy atom. The number of hydrogen-bond acceptors (Lipinski definition) is 1. The summed E-state index contributed by atoms with van der Waals surface area (Å²) >= 11 is 5.69. The number of halogens is 3. The molecule has 2 fully saturated rings. The lowest BCUT2D eigenvalue weighted by Crippen LogP contribution is -2.22. The Balaban J connectivity index is 0.000000963. The number of piperidine rings is 1. The van der Waals surface area contributed by atoms with Crippen LogP contribution in [0.15, 0.2) is 18.2 Å². The van der Waals surface area contributed by atoms with E-state index in [4.69, 9.17) is 11.6 Å². The first-order chi connectivity index (χ1) is 7.12. The van der Waals surface area contributed by atoms with Gasteiger partial charge in [0, 0.05) is 18.5 Å². The number of rotatable bonds is 1. The van der Waals surface area contributed by atoms with Crippen LogP contribution < -0.4 is 0 Å². The van der Waals surface area contributed by atoms with E-state index in [1.165, 1.54) is 6.42 Å². The van der Waals surface area contributed by atoms with E-state index in [9.17, 15) is 4.39 Å². The fourth-order valence-electron chi connectivity index (χ4n) is 2.99. The summed E-state index contributed by atoms with van der Waals surface area (Å²) in [6, 6.07) is 5.26. The normalized spacial score (nSPS) is 32.1. The smallest absolute Gasteiger partial charge is 0.142 e. The highest BCUT2D eigenvalue weighted by atomic mass is 35.5. The van der Waals surface area contributed by atoms with Crippen molar-refractivity contribution in [2.45, 2.75) is 11.8 Å². The number of fused-ring (bicyclic) bond motifs is 1. The predicted molar refractivity (Wildman–Crippen MR) is 65.9 cm³/mol. The van der Waals surface area contributed by atoms with Gasteiger partial charge in [-0.2, -0.15) is 0 Å². The highest BCUT2D eigenvalue weighted by Gasteiger charge is 2.59. The van der Waals surface area contributed by atoms with E-state index in [2.05, 4.69) is 11.9 Å². The minimum atomic E-state index is -0.288. The average molecular weight is 262 g/mol. The second-order valence-corrected chi connectivity index (χ2v) is 5.29. The van der Waals surface area contributed by atoms with Gasteiger partial charge in [-0.05, 0) is 37.1 Å². The van der Waals surface area contributed by atoms with Crippen molar-refractivity contribution in [2.24, 2.45) is 5.92 Å². The molecule has 0 amide bonds. The highest BCUT2D eigenvalue weighted by molar-refractivity contribution is 6.30. The molecular weight excluding hydrogens is 248 g/mol. The topological polar surface area (TPSA) is 3.24 Å². The lowest BCUT2D eigenvalue weighted by atomic mass is 9.95. The molecule has 1 nitrogen and oxygen atoms in total. The van der Waals surface area contributed by atoms with Crippen LogP contribution >= 0.6 is 24.0 Å². The maximum atomic E-state index is 13.4. The van der Waals surface area contributed by atoms with Crippen molar-refractivity contribution >= 4 is 24.0 Å². The molecule has 1 aromatic carbocycles. The second-order valence-electron chi connectivity index (χ2n) is 4.88. The Morgan fingerprint density at radius 1 is 1.50 bits per heavy atom. The molecule has 1 aliphatic heterocycles. The van der Waals surface area contributed by atoms with Crippen LogP contribution in [0.4, 0.5) is 4.39 Å². The van der Waals surface area contributed by atoms with Gasteiger partial charge in [-0.1, -0.05) is 17.7 Å². The molecule has 1 saturated carbocycles. The quantitative estimate of drug-likeness (QED) is 0.751. The predicted octanol–water partition coefficient (Wildman–Crippen LogP) is 3.10. The van der Waals surface area contributed by atoms with Gasteiger partial charge in [0.2, 0.25) is 0 Å². The summed E-state index contributed by atoms with van der Waals surface area (Å²) in [4.78, 5) is 2.32. The van der Waals surface area contributed by atoms with E-state index < -0.39 is 0 Å². The molecule has 0 aromatic heterocycles. The zero-order valence-corrected chi connectivity index (χ0v) is 10.6. The summed E-state index contributed by atoms with van der Waals surface area (Å²) in [5, 5.41) is 0.221. The number of nitrogens with zero attached hydrogens (tertiary/aromatic N) is 1. The summed E-state index contributed by atoms with van der Waals surface area (Å²) in [5.74, 6) is 0.437. The minimum absolute atomic E-state index is 0. The van der Waals surface area contributed by atoms with Crippen molar-refractivity contribution in [2.75, 3.05) is 20.1 Å². The van der Waals surface area contributed by atoms with Crippen LogP contribution in [-0.2, 0) is 5.41 Å². The molecule has 3 rings (SSSR count). The fourth-order valence-corrected chi connectivity index (χ4v) is 3.10. The molecule has 0 radical (unpaired) electrons. The molecule has 2 aliphatic rings. The third kappa shape index (κ3) is 1.64. The molecule has 0 spiro atoms. The molecule has 0 bridgehead atoms. The fraction of sp³-hybridized carbons (Fsp3) is 0.500. The van der Waals surface area contributed by atoms with Crippen molar-refractivity contribution in [3.63, 3.8) is 0 Å². The molecule has 2 atom stereocenters. The molecule has 88 valence electrons. The van der Waals surface area contributed by atoms with Crippen LogP contribution in [0.2, 0.25) is 5.02 Å². The van der Waals surface area contributed by atoms with Crippen LogP contribution in [0.5, 0.6) is 0 Å². The number of benzene rings is 1. The second kappa shape index (κ2) is 3.86. The van der Waals surface area contributed by atoms with Gasteiger partial charge in [0.1, 0.15) is 5.82 Å². The SMILES string of the molecule is CN1C[C@@H]2C[C@]2(c2ccc(Cl)c(F)c2)C1.Cl. The van der Waals surface area contributed by atoms with Crippen molar-refractivity contribution in [3.05, 3.63) is 34.6 Å². The van der Waals surface area contributed by atoms with E-state index in [0.29, 0.717) is 0 Å². The zero-order valence-electron chi connectivity index (χ0n) is 9.04. The van der Waals surface area contributed by atoms with Gasteiger partial charge in [0.25, 0.3) is 0 Å². The summed E-state index contributed by atoms with van der Waals surface area (Å²) in [5.41, 5.74) is 1.36. The van der Waals surface area contributed by atoms with Crippen LogP contribution in [-0.4, -0.2) is 25.0 Å². The lowest BCUT2D eigenvalue weighted by molar-refractivity contribution is 0.363. The summed E-state index contributed by atoms with van der Waals surface area (Å²) in [7, 11) is 2.13. The minimum Gasteiger partial charge on any atom is -0.305 e. The first-order valence-electron chi connectivity index (χ1n) is 5.26. The van der Waals surface area contributed by atoms with Crippen molar-refractivity contribution in [1.29, 1.82) is 0 Å². The molecular formula is C12H14Cl2FN. The van der Waals surface area contributed by atoms with Gasteiger partial charge in [-0.25, -0.2) is 4.39 Å². The Kier molecular flexibility index (Phi) is 2.94. The van der Waals surface area contributed by atoms with Gasteiger partial charge < -0.3 is 4.90 Å².